The number of fused-ring (bicyclic) bond motifs is 1. The average Bonchev–Trinajstić information content (AvgIpc) is 2.47. The molecule has 2 aromatic carbocycles. The molecular weight excluding hydrogens is 236 g/mol. The van der Waals surface area contributed by atoms with Gasteiger partial charge < -0.3 is 4.98 Å². The Morgan fingerprint density at radius 2 is 1.84 bits per heavy atom. The van der Waals surface area contributed by atoms with Crippen LogP contribution in [-0.4, -0.2) is 9.97 Å². The van der Waals surface area contributed by atoms with E-state index in [1.165, 1.54) is 0 Å². The van der Waals surface area contributed by atoms with Crippen molar-refractivity contribution < 1.29 is 0 Å². The normalized spacial score (nSPS) is 10.8. The van der Waals surface area contributed by atoms with Gasteiger partial charge in [0.25, 0.3) is 5.56 Å². The largest absolute Gasteiger partial charge is 0.310 e. The first-order valence-electron chi connectivity index (χ1n) is 6.36. The van der Waals surface area contributed by atoms with Crippen molar-refractivity contribution in [3.63, 3.8) is 0 Å². The van der Waals surface area contributed by atoms with Crippen molar-refractivity contribution in [2.24, 2.45) is 0 Å². The van der Waals surface area contributed by atoms with Crippen LogP contribution < -0.4 is 5.56 Å². The summed E-state index contributed by atoms with van der Waals surface area (Å²) in [6.45, 7) is 1.97. The second kappa shape index (κ2) is 4.69. The minimum absolute atomic E-state index is 0.0698. The fourth-order valence-electron chi connectivity index (χ4n) is 2.16. The van der Waals surface area contributed by atoms with Crippen LogP contribution in [0.1, 0.15) is 12.7 Å². The number of hydrogen-bond acceptors (Lipinski definition) is 2. The predicted octanol–water partition coefficient (Wildman–Crippen LogP) is 3.15. The van der Waals surface area contributed by atoms with E-state index in [0.29, 0.717) is 5.39 Å². The lowest BCUT2D eigenvalue weighted by atomic mass is 10.0. The molecule has 0 atom stereocenters. The highest BCUT2D eigenvalue weighted by Gasteiger charge is 2.05. The molecular formula is C16H14N2O. The van der Waals surface area contributed by atoms with Gasteiger partial charge in [-0.1, -0.05) is 43.3 Å². The van der Waals surface area contributed by atoms with Crippen molar-refractivity contribution in [1.82, 2.24) is 9.97 Å². The smallest absolute Gasteiger partial charge is 0.258 e. The molecule has 1 aromatic heterocycles. The van der Waals surface area contributed by atoms with E-state index < -0.39 is 0 Å². The van der Waals surface area contributed by atoms with Gasteiger partial charge in [-0.2, -0.15) is 0 Å². The third-order valence-corrected chi connectivity index (χ3v) is 3.20. The monoisotopic (exact) mass is 250 g/mol. The zero-order valence-electron chi connectivity index (χ0n) is 10.7. The Hall–Kier alpha value is -2.42. The topological polar surface area (TPSA) is 45.8 Å². The van der Waals surface area contributed by atoms with E-state index in [9.17, 15) is 4.79 Å². The second-order valence-corrected chi connectivity index (χ2v) is 4.46. The first-order chi connectivity index (χ1) is 9.28. The number of rotatable bonds is 2. The fraction of sp³-hybridized carbons (Fsp3) is 0.125. The van der Waals surface area contributed by atoms with Crippen LogP contribution in [-0.2, 0) is 6.42 Å². The molecule has 3 nitrogen and oxygen atoms in total. The van der Waals surface area contributed by atoms with E-state index >= 15 is 0 Å². The highest BCUT2D eigenvalue weighted by Crippen LogP contribution is 2.21. The van der Waals surface area contributed by atoms with Crippen LogP contribution in [0.4, 0.5) is 0 Å². The van der Waals surface area contributed by atoms with Gasteiger partial charge in [-0.15, -0.1) is 0 Å². The summed E-state index contributed by atoms with van der Waals surface area (Å²) in [5.41, 5.74) is 2.81. The number of aromatic nitrogens is 2. The van der Waals surface area contributed by atoms with Gasteiger partial charge in [-0.3, -0.25) is 4.79 Å². The first kappa shape index (κ1) is 11.7. The molecule has 94 valence electrons. The summed E-state index contributed by atoms with van der Waals surface area (Å²) in [4.78, 5) is 19.3. The summed E-state index contributed by atoms with van der Waals surface area (Å²) in [5.74, 6) is 0.727. The molecule has 19 heavy (non-hydrogen) atoms. The molecule has 0 saturated carbocycles. The van der Waals surface area contributed by atoms with Crippen LogP contribution in [0, 0.1) is 0 Å². The van der Waals surface area contributed by atoms with E-state index in [4.69, 9.17) is 0 Å². The van der Waals surface area contributed by atoms with Gasteiger partial charge in [0.1, 0.15) is 5.82 Å². The zero-order chi connectivity index (χ0) is 13.2. The van der Waals surface area contributed by atoms with Crippen molar-refractivity contribution in [3.05, 3.63) is 64.7 Å². The Balaban J connectivity index is 2.22. The fourth-order valence-corrected chi connectivity index (χ4v) is 2.16. The molecule has 0 aliphatic heterocycles. The molecule has 0 bridgehead atoms. The summed E-state index contributed by atoms with van der Waals surface area (Å²) in [7, 11) is 0. The molecule has 0 saturated heterocycles. The molecule has 0 aliphatic carbocycles. The lowest BCUT2D eigenvalue weighted by molar-refractivity contribution is 0.944. The summed E-state index contributed by atoms with van der Waals surface area (Å²) >= 11 is 0. The van der Waals surface area contributed by atoms with Crippen molar-refractivity contribution in [1.29, 1.82) is 0 Å². The SMILES string of the molecule is CCc1nc2ccc(-c3ccccc3)cc2c(=O)[nH]1. The van der Waals surface area contributed by atoms with Gasteiger partial charge in [0.15, 0.2) is 0 Å². The Labute approximate surface area is 111 Å². The zero-order valence-corrected chi connectivity index (χ0v) is 10.7. The first-order valence-corrected chi connectivity index (χ1v) is 6.36. The van der Waals surface area contributed by atoms with E-state index in [1.54, 1.807) is 0 Å². The molecule has 3 heteroatoms. The lowest BCUT2D eigenvalue weighted by Gasteiger charge is -2.04. The van der Waals surface area contributed by atoms with E-state index in [-0.39, 0.29) is 5.56 Å². The van der Waals surface area contributed by atoms with Crippen molar-refractivity contribution >= 4 is 10.9 Å². The molecule has 1 N–H and O–H groups in total. The quantitative estimate of drug-likeness (QED) is 0.759. The second-order valence-electron chi connectivity index (χ2n) is 4.46. The van der Waals surface area contributed by atoms with Crippen LogP contribution in [0.3, 0.4) is 0 Å². The maximum atomic E-state index is 12.0. The third-order valence-electron chi connectivity index (χ3n) is 3.20. The molecule has 0 unspecified atom stereocenters. The Bertz CT molecular complexity index is 776. The molecule has 3 rings (SSSR count). The van der Waals surface area contributed by atoms with Gasteiger partial charge in [0.05, 0.1) is 10.9 Å². The maximum absolute atomic E-state index is 12.0. The van der Waals surface area contributed by atoms with Crippen LogP contribution in [0.5, 0.6) is 0 Å². The molecule has 0 spiro atoms. The summed E-state index contributed by atoms with van der Waals surface area (Å²) in [6, 6.07) is 15.8. The van der Waals surface area contributed by atoms with E-state index in [1.807, 2.05) is 55.5 Å². The van der Waals surface area contributed by atoms with Crippen LogP contribution in [0.15, 0.2) is 53.3 Å². The highest BCUT2D eigenvalue weighted by molar-refractivity contribution is 5.83. The Morgan fingerprint density at radius 1 is 1.05 bits per heavy atom. The molecule has 0 aliphatic rings. The van der Waals surface area contributed by atoms with E-state index in [0.717, 1.165) is 28.9 Å². The van der Waals surface area contributed by atoms with Crippen molar-refractivity contribution in [3.8, 4) is 11.1 Å². The predicted molar refractivity (Wildman–Crippen MR) is 77.2 cm³/mol. The minimum Gasteiger partial charge on any atom is -0.310 e. The Kier molecular flexibility index (Phi) is 2.88. The number of hydrogen-bond donors (Lipinski definition) is 1. The van der Waals surface area contributed by atoms with Crippen LogP contribution >= 0.6 is 0 Å². The number of aryl methyl sites for hydroxylation is 1. The molecule has 0 amide bonds. The molecule has 0 radical (unpaired) electrons. The van der Waals surface area contributed by atoms with Gasteiger partial charge >= 0.3 is 0 Å². The van der Waals surface area contributed by atoms with E-state index in [2.05, 4.69) is 9.97 Å². The summed E-state index contributed by atoms with van der Waals surface area (Å²) in [5, 5.41) is 0.638. The Morgan fingerprint density at radius 3 is 2.58 bits per heavy atom. The maximum Gasteiger partial charge on any atom is 0.258 e. The number of nitrogens with zero attached hydrogens (tertiary/aromatic N) is 1. The lowest BCUT2D eigenvalue weighted by Crippen LogP contribution is -2.11. The molecule has 3 aromatic rings. The van der Waals surface area contributed by atoms with Gasteiger partial charge in [-0.05, 0) is 23.3 Å². The third kappa shape index (κ3) is 2.15. The van der Waals surface area contributed by atoms with Gasteiger partial charge in [0.2, 0.25) is 0 Å². The van der Waals surface area contributed by atoms with Gasteiger partial charge in [0, 0.05) is 6.42 Å². The van der Waals surface area contributed by atoms with Crippen molar-refractivity contribution in [2.45, 2.75) is 13.3 Å². The number of aromatic amines is 1. The minimum atomic E-state index is -0.0698. The number of H-pyrrole nitrogens is 1. The van der Waals surface area contributed by atoms with Crippen molar-refractivity contribution in [2.75, 3.05) is 0 Å². The summed E-state index contributed by atoms with van der Waals surface area (Å²) < 4.78 is 0. The number of benzene rings is 2. The summed E-state index contributed by atoms with van der Waals surface area (Å²) in [6.07, 6.45) is 0.728. The average molecular weight is 250 g/mol. The van der Waals surface area contributed by atoms with Gasteiger partial charge in [-0.25, -0.2) is 4.98 Å². The highest BCUT2D eigenvalue weighted by atomic mass is 16.1. The standard InChI is InChI=1S/C16H14N2O/c1-2-15-17-14-9-8-12(10-13(14)16(19)18-15)11-6-4-3-5-7-11/h3-10H,2H2,1H3,(H,17,18,19). The number of nitrogens with one attached hydrogen (secondary N) is 1. The molecule has 0 fully saturated rings. The molecule has 1 heterocycles. The van der Waals surface area contributed by atoms with Crippen LogP contribution in [0.2, 0.25) is 0 Å². The van der Waals surface area contributed by atoms with Crippen LogP contribution in [0.25, 0.3) is 22.0 Å².